The Labute approximate surface area is 107 Å². The van der Waals surface area contributed by atoms with Gasteiger partial charge in [-0.2, -0.15) is 0 Å². The van der Waals surface area contributed by atoms with Crippen LogP contribution in [-0.2, 0) is 10.0 Å². The summed E-state index contributed by atoms with van der Waals surface area (Å²) < 4.78 is 39.5. The smallest absolute Gasteiger partial charge is 0.271 e. The van der Waals surface area contributed by atoms with Crippen LogP contribution in [0.2, 0.25) is 4.34 Å². The number of thiophene rings is 1. The summed E-state index contributed by atoms with van der Waals surface area (Å²) in [5.74, 6) is -0.626. The molecule has 2 aromatic rings. The summed E-state index contributed by atoms with van der Waals surface area (Å²) >= 11 is 6.57. The largest absolute Gasteiger partial charge is 0.276 e. The van der Waals surface area contributed by atoms with E-state index in [4.69, 9.17) is 11.6 Å². The van der Waals surface area contributed by atoms with Crippen LogP contribution in [0.3, 0.4) is 0 Å². The molecule has 0 amide bonds. The molecule has 1 heterocycles. The second-order valence-corrected chi connectivity index (χ2v) is 6.77. The third-order valence-corrected chi connectivity index (χ3v) is 5.02. The van der Waals surface area contributed by atoms with E-state index in [2.05, 4.69) is 4.72 Å². The Bertz CT molecular complexity index is 639. The van der Waals surface area contributed by atoms with Crippen LogP contribution >= 0.6 is 22.9 Å². The van der Waals surface area contributed by atoms with Gasteiger partial charge in [-0.1, -0.05) is 23.7 Å². The standard InChI is InChI=1S/C10H7ClFNO2S2/c11-9-5-6-10(16-9)17(14,15)13-8-4-2-1-3-7(8)12/h1-6,13H. The summed E-state index contributed by atoms with van der Waals surface area (Å²) in [6.07, 6.45) is 0. The predicted octanol–water partition coefficient (Wildman–Crippen LogP) is 3.34. The van der Waals surface area contributed by atoms with Gasteiger partial charge in [0.15, 0.2) is 0 Å². The Kier molecular flexibility index (Phi) is 3.37. The number of para-hydroxylation sites is 1. The molecule has 17 heavy (non-hydrogen) atoms. The maximum atomic E-state index is 13.3. The molecule has 1 N–H and O–H groups in total. The minimum absolute atomic E-state index is 0.0470. The van der Waals surface area contributed by atoms with E-state index in [1.165, 1.54) is 30.3 Å². The molecule has 0 unspecified atom stereocenters. The monoisotopic (exact) mass is 291 g/mol. The second kappa shape index (κ2) is 4.64. The van der Waals surface area contributed by atoms with Crippen molar-refractivity contribution in [3.05, 3.63) is 46.6 Å². The highest BCUT2D eigenvalue weighted by molar-refractivity contribution is 7.94. The van der Waals surface area contributed by atoms with E-state index in [0.717, 1.165) is 11.3 Å². The van der Waals surface area contributed by atoms with Crippen molar-refractivity contribution < 1.29 is 12.8 Å². The molecule has 0 aliphatic heterocycles. The van der Waals surface area contributed by atoms with Gasteiger partial charge in [-0.15, -0.1) is 11.3 Å². The number of sulfonamides is 1. The van der Waals surface area contributed by atoms with Crippen molar-refractivity contribution in [3.63, 3.8) is 0 Å². The van der Waals surface area contributed by atoms with Crippen LogP contribution in [0.25, 0.3) is 0 Å². The van der Waals surface area contributed by atoms with E-state index in [1.54, 1.807) is 6.07 Å². The van der Waals surface area contributed by atoms with Crippen molar-refractivity contribution in [3.8, 4) is 0 Å². The SMILES string of the molecule is O=S(=O)(Nc1ccccc1F)c1ccc(Cl)s1. The molecular weight excluding hydrogens is 285 g/mol. The zero-order chi connectivity index (χ0) is 12.5. The minimum atomic E-state index is -3.77. The van der Waals surface area contributed by atoms with Crippen molar-refractivity contribution in [2.75, 3.05) is 4.72 Å². The van der Waals surface area contributed by atoms with Crippen LogP contribution in [0.1, 0.15) is 0 Å². The number of rotatable bonds is 3. The van der Waals surface area contributed by atoms with Crippen molar-refractivity contribution in [2.24, 2.45) is 0 Å². The Morgan fingerprint density at radius 1 is 1.18 bits per heavy atom. The number of anilines is 1. The van der Waals surface area contributed by atoms with E-state index in [-0.39, 0.29) is 9.90 Å². The van der Waals surface area contributed by atoms with Crippen molar-refractivity contribution >= 4 is 38.6 Å². The third-order valence-electron chi connectivity index (χ3n) is 1.93. The van der Waals surface area contributed by atoms with Gasteiger partial charge in [0, 0.05) is 0 Å². The first kappa shape index (κ1) is 12.3. The Hall–Kier alpha value is -1.11. The van der Waals surface area contributed by atoms with Gasteiger partial charge in [0.25, 0.3) is 10.0 Å². The van der Waals surface area contributed by atoms with Crippen LogP contribution in [0.4, 0.5) is 10.1 Å². The molecule has 2 rings (SSSR count). The number of halogens is 2. The van der Waals surface area contributed by atoms with Gasteiger partial charge in [0.05, 0.1) is 10.0 Å². The summed E-state index contributed by atoms with van der Waals surface area (Å²) in [6, 6.07) is 8.40. The first-order valence-corrected chi connectivity index (χ1v) is 7.19. The summed E-state index contributed by atoms with van der Waals surface area (Å²) in [7, 11) is -3.77. The van der Waals surface area contributed by atoms with Crippen LogP contribution in [0.5, 0.6) is 0 Å². The normalized spacial score (nSPS) is 11.4. The quantitative estimate of drug-likeness (QED) is 0.943. The zero-order valence-corrected chi connectivity index (χ0v) is 10.7. The molecule has 0 radical (unpaired) electrons. The maximum absolute atomic E-state index is 13.3. The Morgan fingerprint density at radius 2 is 1.88 bits per heavy atom. The van der Waals surface area contributed by atoms with Crippen LogP contribution in [0, 0.1) is 5.82 Å². The van der Waals surface area contributed by atoms with E-state index in [1.807, 2.05) is 0 Å². The molecule has 0 bridgehead atoms. The van der Waals surface area contributed by atoms with Crippen LogP contribution in [0.15, 0.2) is 40.6 Å². The van der Waals surface area contributed by atoms with Crippen molar-refractivity contribution in [1.29, 1.82) is 0 Å². The highest BCUT2D eigenvalue weighted by Crippen LogP contribution is 2.27. The van der Waals surface area contributed by atoms with Crippen LogP contribution in [-0.4, -0.2) is 8.42 Å². The number of hydrogen-bond donors (Lipinski definition) is 1. The summed E-state index contributed by atoms with van der Waals surface area (Å²) in [5, 5.41) is 0. The highest BCUT2D eigenvalue weighted by Gasteiger charge is 2.18. The van der Waals surface area contributed by atoms with E-state index >= 15 is 0 Å². The number of benzene rings is 1. The highest BCUT2D eigenvalue weighted by atomic mass is 35.5. The molecule has 7 heteroatoms. The molecule has 0 aliphatic rings. The molecule has 0 fully saturated rings. The van der Waals surface area contributed by atoms with Crippen molar-refractivity contribution in [2.45, 2.75) is 4.21 Å². The van der Waals surface area contributed by atoms with Gasteiger partial charge in [-0.25, -0.2) is 12.8 Å². The molecule has 0 spiro atoms. The van der Waals surface area contributed by atoms with Gasteiger partial charge in [0.2, 0.25) is 0 Å². The first-order valence-electron chi connectivity index (χ1n) is 4.52. The third kappa shape index (κ3) is 2.77. The van der Waals surface area contributed by atoms with Crippen LogP contribution < -0.4 is 4.72 Å². The van der Waals surface area contributed by atoms with Gasteiger partial charge >= 0.3 is 0 Å². The molecule has 1 aromatic carbocycles. The molecule has 0 aliphatic carbocycles. The van der Waals surface area contributed by atoms with Gasteiger partial charge in [-0.3, -0.25) is 4.72 Å². The fraction of sp³-hybridized carbons (Fsp3) is 0. The lowest BCUT2D eigenvalue weighted by atomic mass is 10.3. The lowest BCUT2D eigenvalue weighted by molar-refractivity contribution is 0.600. The number of nitrogens with one attached hydrogen (secondary N) is 1. The molecule has 1 aromatic heterocycles. The minimum Gasteiger partial charge on any atom is -0.276 e. The molecule has 0 atom stereocenters. The fourth-order valence-electron chi connectivity index (χ4n) is 1.18. The van der Waals surface area contributed by atoms with Gasteiger partial charge in [-0.05, 0) is 24.3 Å². The van der Waals surface area contributed by atoms with E-state index in [0.29, 0.717) is 4.34 Å². The summed E-state index contributed by atoms with van der Waals surface area (Å²) in [6.45, 7) is 0. The van der Waals surface area contributed by atoms with E-state index in [9.17, 15) is 12.8 Å². The molecular formula is C10H7ClFNO2S2. The zero-order valence-electron chi connectivity index (χ0n) is 8.35. The second-order valence-electron chi connectivity index (χ2n) is 3.14. The van der Waals surface area contributed by atoms with Gasteiger partial charge < -0.3 is 0 Å². The first-order chi connectivity index (χ1) is 7.99. The maximum Gasteiger partial charge on any atom is 0.271 e. The molecule has 0 saturated carbocycles. The average molecular weight is 292 g/mol. The summed E-state index contributed by atoms with van der Waals surface area (Å²) in [5.41, 5.74) is -0.0861. The van der Waals surface area contributed by atoms with Crippen molar-refractivity contribution in [1.82, 2.24) is 0 Å². The van der Waals surface area contributed by atoms with Gasteiger partial charge in [0.1, 0.15) is 10.0 Å². The lowest BCUT2D eigenvalue weighted by Crippen LogP contribution is -2.12. The molecule has 90 valence electrons. The molecule has 3 nitrogen and oxygen atoms in total. The Morgan fingerprint density at radius 3 is 2.47 bits per heavy atom. The average Bonchev–Trinajstić information content (AvgIpc) is 2.69. The lowest BCUT2D eigenvalue weighted by Gasteiger charge is -2.06. The fourth-order valence-corrected chi connectivity index (χ4v) is 3.73. The predicted molar refractivity (Wildman–Crippen MR) is 66.5 cm³/mol. The van der Waals surface area contributed by atoms with E-state index < -0.39 is 15.8 Å². The number of hydrogen-bond acceptors (Lipinski definition) is 3. The topological polar surface area (TPSA) is 46.2 Å². The molecule has 0 saturated heterocycles. The Balaban J connectivity index is 2.33. The summed E-state index contributed by atoms with van der Waals surface area (Å²) in [4.78, 5) is 0.